The van der Waals surface area contributed by atoms with Crippen molar-refractivity contribution in [2.75, 3.05) is 12.4 Å². The van der Waals surface area contributed by atoms with Crippen LogP contribution in [0.4, 0.5) is 5.82 Å². The quantitative estimate of drug-likeness (QED) is 0.726. The Balaban J connectivity index is 1.99. The number of aromatic nitrogens is 3. The van der Waals surface area contributed by atoms with Gasteiger partial charge in [-0.05, 0) is 12.1 Å². The zero-order valence-corrected chi connectivity index (χ0v) is 9.40. The summed E-state index contributed by atoms with van der Waals surface area (Å²) in [7, 11) is 1.76. The molecule has 0 fully saturated rings. The third-order valence-electron chi connectivity index (χ3n) is 2.25. The Hall–Kier alpha value is -2.37. The highest BCUT2D eigenvalue weighted by Gasteiger charge is 2.07. The van der Waals surface area contributed by atoms with Gasteiger partial charge in [0.25, 0.3) is 5.91 Å². The number of hydrogen-bond donors (Lipinski definition) is 3. The van der Waals surface area contributed by atoms with Crippen molar-refractivity contribution in [3.8, 4) is 0 Å². The van der Waals surface area contributed by atoms with Crippen LogP contribution in [0, 0.1) is 0 Å². The first-order valence-corrected chi connectivity index (χ1v) is 5.20. The Labute approximate surface area is 98.5 Å². The summed E-state index contributed by atoms with van der Waals surface area (Å²) >= 11 is 0. The first kappa shape index (κ1) is 11.1. The van der Waals surface area contributed by atoms with Crippen molar-refractivity contribution in [1.29, 1.82) is 0 Å². The van der Waals surface area contributed by atoms with E-state index < -0.39 is 0 Å². The molecule has 0 radical (unpaired) electrons. The summed E-state index contributed by atoms with van der Waals surface area (Å²) in [5.41, 5.74) is 1.31. The molecule has 0 aromatic carbocycles. The number of carbonyl (C=O) groups is 1. The minimum atomic E-state index is -0.205. The molecule has 0 saturated heterocycles. The molecule has 0 spiro atoms. The Morgan fingerprint density at radius 1 is 1.47 bits per heavy atom. The average Bonchev–Trinajstić information content (AvgIpc) is 2.89. The van der Waals surface area contributed by atoms with Gasteiger partial charge in [-0.3, -0.25) is 9.89 Å². The van der Waals surface area contributed by atoms with Crippen molar-refractivity contribution in [3.63, 3.8) is 0 Å². The molecule has 0 aliphatic carbocycles. The van der Waals surface area contributed by atoms with Gasteiger partial charge in [-0.15, -0.1) is 0 Å². The van der Waals surface area contributed by atoms with Gasteiger partial charge in [-0.25, -0.2) is 4.98 Å². The normalized spacial score (nSPS) is 9.94. The van der Waals surface area contributed by atoms with E-state index in [1.807, 2.05) is 0 Å². The molecule has 6 heteroatoms. The largest absolute Gasteiger partial charge is 0.373 e. The zero-order valence-electron chi connectivity index (χ0n) is 9.40. The topological polar surface area (TPSA) is 82.7 Å². The molecule has 0 bridgehead atoms. The predicted molar refractivity (Wildman–Crippen MR) is 63.5 cm³/mol. The summed E-state index contributed by atoms with van der Waals surface area (Å²) in [6.45, 7) is 0.431. The van der Waals surface area contributed by atoms with Gasteiger partial charge in [-0.1, -0.05) is 6.07 Å². The van der Waals surface area contributed by atoms with Crippen LogP contribution in [0.5, 0.6) is 0 Å². The number of nitrogens with zero attached hydrogens (tertiary/aromatic N) is 2. The molecule has 3 N–H and O–H groups in total. The van der Waals surface area contributed by atoms with Crippen LogP contribution in [0.25, 0.3) is 0 Å². The van der Waals surface area contributed by atoms with Gasteiger partial charge in [0.15, 0.2) is 0 Å². The maximum atomic E-state index is 11.8. The van der Waals surface area contributed by atoms with E-state index in [-0.39, 0.29) is 5.91 Å². The number of aromatic amines is 1. The van der Waals surface area contributed by atoms with Crippen LogP contribution in [-0.2, 0) is 6.54 Å². The van der Waals surface area contributed by atoms with Crippen molar-refractivity contribution < 1.29 is 4.79 Å². The first-order valence-electron chi connectivity index (χ1n) is 5.20. The molecule has 2 heterocycles. The smallest absolute Gasteiger partial charge is 0.270 e. The fourth-order valence-electron chi connectivity index (χ4n) is 1.35. The summed E-state index contributed by atoms with van der Waals surface area (Å²) in [4.78, 5) is 15.9. The number of amides is 1. The van der Waals surface area contributed by atoms with Crippen LogP contribution in [0.2, 0.25) is 0 Å². The van der Waals surface area contributed by atoms with E-state index in [9.17, 15) is 4.79 Å². The Morgan fingerprint density at radius 3 is 3.06 bits per heavy atom. The molecule has 0 aliphatic rings. The summed E-state index contributed by atoms with van der Waals surface area (Å²) < 4.78 is 0. The van der Waals surface area contributed by atoms with Crippen LogP contribution in [-0.4, -0.2) is 28.1 Å². The van der Waals surface area contributed by atoms with Gasteiger partial charge in [-0.2, -0.15) is 5.10 Å². The van der Waals surface area contributed by atoms with Crippen molar-refractivity contribution in [2.24, 2.45) is 0 Å². The summed E-state index contributed by atoms with van der Waals surface area (Å²) in [5, 5.41) is 12.1. The van der Waals surface area contributed by atoms with E-state index in [2.05, 4.69) is 25.8 Å². The SMILES string of the molecule is CNc1cccc(C(=O)NCc2cn[nH]c2)n1. The highest BCUT2D eigenvalue weighted by atomic mass is 16.1. The molecular formula is C11H13N5O. The fourth-order valence-corrected chi connectivity index (χ4v) is 1.35. The van der Waals surface area contributed by atoms with E-state index in [4.69, 9.17) is 0 Å². The number of nitrogens with one attached hydrogen (secondary N) is 3. The van der Waals surface area contributed by atoms with Crippen LogP contribution in [0.1, 0.15) is 16.1 Å². The maximum Gasteiger partial charge on any atom is 0.270 e. The second kappa shape index (κ2) is 5.11. The van der Waals surface area contributed by atoms with E-state index >= 15 is 0 Å². The molecule has 0 aliphatic heterocycles. The number of hydrogen-bond acceptors (Lipinski definition) is 4. The molecule has 0 unspecified atom stereocenters. The summed E-state index contributed by atoms with van der Waals surface area (Å²) in [6, 6.07) is 5.25. The van der Waals surface area contributed by atoms with Gasteiger partial charge >= 0.3 is 0 Å². The molecule has 2 aromatic heterocycles. The Bertz CT molecular complexity index is 494. The molecule has 2 rings (SSSR count). The van der Waals surface area contributed by atoms with Crippen molar-refractivity contribution in [2.45, 2.75) is 6.54 Å². The van der Waals surface area contributed by atoms with E-state index in [0.29, 0.717) is 18.1 Å². The lowest BCUT2D eigenvalue weighted by Gasteiger charge is -2.04. The van der Waals surface area contributed by atoms with Crippen molar-refractivity contribution in [1.82, 2.24) is 20.5 Å². The molecule has 1 amide bonds. The minimum absolute atomic E-state index is 0.205. The minimum Gasteiger partial charge on any atom is -0.373 e. The lowest BCUT2D eigenvalue weighted by Crippen LogP contribution is -2.23. The highest BCUT2D eigenvalue weighted by molar-refractivity contribution is 5.92. The third-order valence-corrected chi connectivity index (χ3v) is 2.25. The number of anilines is 1. The zero-order chi connectivity index (χ0) is 12.1. The van der Waals surface area contributed by atoms with Crippen LogP contribution in [0.15, 0.2) is 30.6 Å². The maximum absolute atomic E-state index is 11.8. The Morgan fingerprint density at radius 2 is 2.35 bits per heavy atom. The molecule has 17 heavy (non-hydrogen) atoms. The lowest BCUT2D eigenvalue weighted by atomic mass is 10.3. The number of H-pyrrole nitrogens is 1. The van der Waals surface area contributed by atoms with Gasteiger partial charge < -0.3 is 10.6 Å². The monoisotopic (exact) mass is 231 g/mol. The van der Waals surface area contributed by atoms with E-state index in [1.165, 1.54) is 0 Å². The van der Waals surface area contributed by atoms with Crippen LogP contribution in [0.3, 0.4) is 0 Å². The second-order valence-electron chi connectivity index (χ2n) is 3.45. The average molecular weight is 231 g/mol. The van der Waals surface area contributed by atoms with Crippen molar-refractivity contribution in [3.05, 3.63) is 41.9 Å². The van der Waals surface area contributed by atoms with E-state index in [0.717, 1.165) is 5.56 Å². The van der Waals surface area contributed by atoms with Gasteiger partial charge in [0, 0.05) is 25.4 Å². The summed E-state index contributed by atoms with van der Waals surface area (Å²) in [5.74, 6) is 0.462. The number of carbonyl (C=O) groups excluding carboxylic acids is 1. The highest BCUT2D eigenvalue weighted by Crippen LogP contribution is 2.04. The molecule has 88 valence electrons. The van der Waals surface area contributed by atoms with Crippen LogP contribution >= 0.6 is 0 Å². The molecule has 2 aromatic rings. The predicted octanol–water partition coefficient (Wildman–Crippen LogP) is 0.776. The van der Waals surface area contributed by atoms with Crippen molar-refractivity contribution >= 4 is 11.7 Å². The molecule has 0 atom stereocenters. The van der Waals surface area contributed by atoms with E-state index in [1.54, 1.807) is 37.6 Å². The second-order valence-corrected chi connectivity index (χ2v) is 3.45. The van der Waals surface area contributed by atoms with Gasteiger partial charge in [0.05, 0.1) is 6.20 Å². The van der Waals surface area contributed by atoms with Crippen LogP contribution < -0.4 is 10.6 Å². The van der Waals surface area contributed by atoms with Gasteiger partial charge in [0.1, 0.15) is 11.5 Å². The first-order chi connectivity index (χ1) is 8.29. The molecular weight excluding hydrogens is 218 g/mol. The summed E-state index contributed by atoms with van der Waals surface area (Å²) in [6.07, 6.45) is 3.40. The fraction of sp³-hybridized carbons (Fsp3) is 0.182. The third kappa shape index (κ3) is 2.81. The standard InChI is InChI=1S/C11H13N5O/c1-12-10-4-2-3-9(16-10)11(17)13-5-8-6-14-15-7-8/h2-4,6-7H,5H2,1H3,(H,12,16)(H,13,17)(H,14,15). The lowest BCUT2D eigenvalue weighted by molar-refractivity contribution is 0.0946. The van der Waals surface area contributed by atoms with Gasteiger partial charge in [0.2, 0.25) is 0 Å². The Kier molecular flexibility index (Phi) is 3.34. The number of pyridine rings is 1. The molecule has 6 nitrogen and oxygen atoms in total. The molecule has 0 saturated carbocycles. The number of rotatable bonds is 4.